The van der Waals surface area contributed by atoms with Crippen LogP contribution < -0.4 is 10.6 Å². The van der Waals surface area contributed by atoms with E-state index in [-0.39, 0.29) is 19.6 Å². The lowest BCUT2D eigenvalue weighted by atomic mass is 10.1. The molecule has 0 bridgehead atoms. The largest absolute Gasteiger partial charge is 0.480 e. The maximum Gasteiger partial charge on any atom is 0.408 e. The third kappa shape index (κ3) is 8.63. The summed E-state index contributed by atoms with van der Waals surface area (Å²) in [5.41, 5.74) is 0.383. The van der Waals surface area contributed by atoms with Gasteiger partial charge in [0.05, 0.1) is 17.3 Å². The van der Waals surface area contributed by atoms with Gasteiger partial charge in [0, 0.05) is 6.42 Å². The first-order valence-electron chi connectivity index (χ1n) is 8.42. The Kier molecular flexibility index (Phi) is 8.36. The van der Waals surface area contributed by atoms with Crippen molar-refractivity contribution >= 4 is 35.3 Å². The highest BCUT2D eigenvalue weighted by Gasteiger charge is 2.24. The normalized spacial score (nSPS) is 12.0. The van der Waals surface area contributed by atoms with E-state index in [9.17, 15) is 19.5 Å². The minimum absolute atomic E-state index is 0.0203. The van der Waals surface area contributed by atoms with E-state index >= 15 is 0 Å². The lowest BCUT2D eigenvalue weighted by molar-refractivity contribution is -0.141. The third-order valence-corrected chi connectivity index (χ3v) is 3.50. The van der Waals surface area contributed by atoms with Gasteiger partial charge in [0.2, 0.25) is 0 Å². The Morgan fingerprint density at radius 1 is 1.26 bits per heavy atom. The molecule has 3 N–H and O–H groups in total. The molecular weight excluding hydrogens is 376 g/mol. The standard InChI is InChI=1S/C18H25ClN2O6/c1-5-26-15(22)10-20-13-7-6-11(8-12(13)19)9-14(16(23)24)21-17(25)27-18(2,3)4/h6-8,14,20H,5,9-10H2,1-4H3,(H,21,25)(H,23,24)/t14-/m0/s1. The topological polar surface area (TPSA) is 114 Å². The van der Waals surface area contributed by atoms with Crippen LogP contribution in [-0.2, 0) is 25.5 Å². The van der Waals surface area contributed by atoms with Gasteiger partial charge in [0.1, 0.15) is 18.2 Å². The fourth-order valence-corrected chi connectivity index (χ4v) is 2.36. The number of benzene rings is 1. The minimum Gasteiger partial charge on any atom is -0.480 e. The number of carboxylic acid groups (broad SMARTS) is 1. The summed E-state index contributed by atoms with van der Waals surface area (Å²) in [6, 6.07) is 3.69. The fraction of sp³-hybridized carbons (Fsp3) is 0.500. The number of nitrogens with one attached hydrogen (secondary N) is 2. The Morgan fingerprint density at radius 2 is 1.93 bits per heavy atom. The third-order valence-electron chi connectivity index (χ3n) is 3.19. The first-order chi connectivity index (χ1) is 12.5. The molecule has 0 saturated heterocycles. The molecule has 0 saturated carbocycles. The molecule has 1 rings (SSSR count). The van der Waals surface area contributed by atoms with Crippen molar-refractivity contribution in [1.82, 2.24) is 5.32 Å². The number of ether oxygens (including phenoxy) is 2. The van der Waals surface area contributed by atoms with Crippen LogP contribution in [-0.4, -0.2) is 47.9 Å². The van der Waals surface area contributed by atoms with Gasteiger partial charge >= 0.3 is 18.0 Å². The van der Waals surface area contributed by atoms with Crippen molar-refractivity contribution in [3.8, 4) is 0 Å². The molecule has 0 radical (unpaired) electrons. The predicted octanol–water partition coefficient (Wildman–Crippen LogP) is 2.84. The van der Waals surface area contributed by atoms with Gasteiger partial charge in [0.15, 0.2) is 0 Å². The molecule has 27 heavy (non-hydrogen) atoms. The van der Waals surface area contributed by atoms with E-state index in [4.69, 9.17) is 21.1 Å². The number of rotatable bonds is 8. The highest BCUT2D eigenvalue weighted by atomic mass is 35.5. The second-order valence-electron chi connectivity index (χ2n) is 6.71. The molecule has 0 heterocycles. The lowest BCUT2D eigenvalue weighted by Gasteiger charge is -2.22. The van der Waals surface area contributed by atoms with Crippen LogP contribution in [0.5, 0.6) is 0 Å². The van der Waals surface area contributed by atoms with Gasteiger partial charge < -0.3 is 25.2 Å². The van der Waals surface area contributed by atoms with Gasteiger partial charge in [-0.25, -0.2) is 9.59 Å². The van der Waals surface area contributed by atoms with Crippen molar-refractivity contribution in [2.75, 3.05) is 18.5 Å². The van der Waals surface area contributed by atoms with E-state index in [0.29, 0.717) is 16.3 Å². The lowest BCUT2D eigenvalue weighted by Crippen LogP contribution is -2.44. The van der Waals surface area contributed by atoms with Crippen LogP contribution in [0.15, 0.2) is 18.2 Å². The SMILES string of the molecule is CCOC(=O)CNc1ccc(C[C@H](NC(=O)OC(C)(C)C)C(=O)O)cc1Cl. The summed E-state index contributed by atoms with van der Waals surface area (Å²) in [6.45, 7) is 7.02. The second kappa shape index (κ2) is 10.0. The molecule has 1 aromatic rings. The minimum atomic E-state index is -1.19. The highest BCUT2D eigenvalue weighted by molar-refractivity contribution is 6.33. The molecule has 0 aromatic heterocycles. The number of halogens is 1. The zero-order chi connectivity index (χ0) is 20.6. The first kappa shape index (κ1) is 22.6. The predicted molar refractivity (Wildman–Crippen MR) is 101 cm³/mol. The summed E-state index contributed by atoms with van der Waals surface area (Å²) in [5.74, 6) is -1.60. The summed E-state index contributed by atoms with van der Waals surface area (Å²) in [6.07, 6.45) is -0.791. The number of esters is 1. The van der Waals surface area contributed by atoms with Crippen molar-refractivity contribution in [1.29, 1.82) is 0 Å². The molecule has 1 amide bonds. The van der Waals surface area contributed by atoms with E-state index in [2.05, 4.69) is 10.6 Å². The van der Waals surface area contributed by atoms with Crippen LogP contribution in [0.3, 0.4) is 0 Å². The monoisotopic (exact) mass is 400 g/mol. The molecule has 0 aliphatic rings. The van der Waals surface area contributed by atoms with Crippen LogP contribution in [0.2, 0.25) is 5.02 Å². The Labute approximate surface area is 163 Å². The second-order valence-corrected chi connectivity index (χ2v) is 7.12. The van der Waals surface area contributed by atoms with Crippen LogP contribution in [0.4, 0.5) is 10.5 Å². The molecule has 0 fully saturated rings. The number of hydrogen-bond acceptors (Lipinski definition) is 6. The molecule has 0 unspecified atom stereocenters. The van der Waals surface area contributed by atoms with E-state index in [1.165, 1.54) is 0 Å². The van der Waals surface area contributed by atoms with Crippen molar-refractivity contribution in [3.63, 3.8) is 0 Å². The summed E-state index contributed by atoms with van der Waals surface area (Å²) in [7, 11) is 0. The maximum atomic E-state index is 11.8. The average Bonchev–Trinajstić information content (AvgIpc) is 2.51. The van der Waals surface area contributed by atoms with Crippen molar-refractivity contribution in [3.05, 3.63) is 28.8 Å². The molecule has 0 aliphatic carbocycles. The van der Waals surface area contributed by atoms with Crippen LogP contribution in [0.25, 0.3) is 0 Å². The summed E-state index contributed by atoms with van der Waals surface area (Å²) < 4.78 is 9.90. The van der Waals surface area contributed by atoms with Gasteiger partial charge in [-0.15, -0.1) is 0 Å². The van der Waals surface area contributed by atoms with Crippen molar-refractivity contribution in [2.24, 2.45) is 0 Å². The Bertz CT molecular complexity index is 687. The Morgan fingerprint density at radius 3 is 2.44 bits per heavy atom. The van der Waals surface area contributed by atoms with Gasteiger partial charge in [-0.1, -0.05) is 17.7 Å². The van der Waals surface area contributed by atoms with Gasteiger partial charge in [-0.3, -0.25) is 4.79 Å². The number of amides is 1. The quantitative estimate of drug-likeness (QED) is 0.575. The van der Waals surface area contributed by atoms with Crippen molar-refractivity contribution in [2.45, 2.75) is 45.8 Å². The van der Waals surface area contributed by atoms with Crippen LogP contribution in [0, 0.1) is 0 Å². The first-order valence-corrected chi connectivity index (χ1v) is 8.80. The number of carbonyl (C=O) groups is 3. The maximum absolute atomic E-state index is 11.8. The highest BCUT2D eigenvalue weighted by Crippen LogP contribution is 2.23. The smallest absolute Gasteiger partial charge is 0.408 e. The summed E-state index contributed by atoms with van der Waals surface area (Å²) >= 11 is 6.17. The van der Waals surface area contributed by atoms with Gasteiger partial charge in [0.25, 0.3) is 0 Å². The van der Waals surface area contributed by atoms with Crippen molar-refractivity contribution < 1.29 is 29.0 Å². The summed E-state index contributed by atoms with van der Waals surface area (Å²) in [5, 5.41) is 14.8. The zero-order valence-electron chi connectivity index (χ0n) is 15.8. The molecule has 0 spiro atoms. The van der Waals surface area contributed by atoms with Crippen LogP contribution in [0.1, 0.15) is 33.3 Å². The van der Waals surface area contributed by atoms with Gasteiger partial charge in [-0.2, -0.15) is 0 Å². The Hall–Kier alpha value is -2.48. The number of aliphatic carboxylic acids is 1. The molecule has 9 heteroatoms. The fourth-order valence-electron chi connectivity index (χ4n) is 2.09. The number of anilines is 1. The number of alkyl carbamates (subject to hydrolysis) is 1. The Balaban J connectivity index is 2.74. The summed E-state index contributed by atoms with van der Waals surface area (Å²) in [4.78, 5) is 34.6. The van der Waals surface area contributed by atoms with E-state index < -0.39 is 29.7 Å². The zero-order valence-corrected chi connectivity index (χ0v) is 16.6. The number of carbonyl (C=O) groups excluding carboxylic acids is 2. The van der Waals surface area contributed by atoms with Gasteiger partial charge in [-0.05, 0) is 45.4 Å². The molecule has 1 atom stereocenters. The molecule has 8 nitrogen and oxygen atoms in total. The molecule has 1 aromatic carbocycles. The molecule has 150 valence electrons. The molecular formula is C18H25ClN2O6. The number of carboxylic acids is 1. The van der Waals surface area contributed by atoms with E-state index in [0.717, 1.165) is 0 Å². The van der Waals surface area contributed by atoms with E-state index in [1.807, 2.05) is 0 Å². The van der Waals surface area contributed by atoms with E-state index in [1.54, 1.807) is 45.9 Å². The molecule has 0 aliphatic heterocycles. The van der Waals surface area contributed by atoms with Crippen LogP contribution >= 0.6 is 11.6 Å². The number of hydrogen-bond donors (Lipinski definition) is 3. The average molecular weight is 401 g/mol.